The number of carbonyl (C=O) groups excluding carboxylic acids is 1. The second-order valence-corrected chi connectivity index (χ2v) is 6.08. The van der Waals surface area contributed by atoms with Gasteiger partial charge in [-0.3, -0.25) is 4.79 Å². The molecule has 0 aliphatic carbocycles. The number of carbonyl (C=O) groups is 1. The Morgan fingerprint density at radius 2 is 2.20 bits per heavy atom. The van der Waals surface area contributed by atoms with Gasteiger partial charge < -0.3 is 4.90 Å². The van der Waals surface area contributed by atoms with Crippen LogP contribution in [0.15, 0.2) is 0 Å². The van der Waals surface area contributed by atoms with Crippen LogP contribution in [0, 0.1) is 17.2 Å². The summed E-state index contributed by atoms with van der Waals surface area (Å²) in [5.74, 6) is -0.701. The molecule has 0 spiro atoms. The van der Waals surface area contributed by atoms with Gasteiger partial charge in [-0.05, 0) is 13.3 Å². The van der Waals surface area contributed by atoms with Crippen molar-refractivity contribution in [3.8, 4) is 6.07 Å². The predicted octanol–water partition coefficient (Wildman–Crippen LogP) is -0.208. The lowest BCUT2D eigenvalue weighted by Crippen LogP contribution is -2.38. The lowest BCUT2D eigenvalue weighted by atomic mass is 10.1. The number of hydrogen-bond acceptors (Lipinski definition) is 4. The lowest BCUT2D eigenvalue weighted by Gasteiger charge is -2.22. The van der Waals surface area contributed by atoms with Gasteiger partial charge in [-0.2, -0.15) is 5.26 Å². The molecule has 2 atom stereocenters. The average molecular weight is 230 g/mol. The first kappa shape index (κ1) is 12.0. The Labute approximate surface area is 89.6 Å². The molecule has 1 fully saturated rings. The fourth-order valence-electron chi connectivity index (χ4n) is 1.56. The van der Waals surface area contributed by atoms with Gasteiger partial charge in [0.1, 0.15) is 6.04 Å². The molecule has 2 unspecified atom stereocenters. The van der Waals surface area contributed by atoms with Crippen LogP contribution in [-0.4, -0.2) is 43.8 Å². The van der Waals surface area contributed by atoms with Crippen LogP contribution in [-0.2, 0) is 14.6 Å². The highest BCUT2D eigenvalue weighted by Gasteiger charge is 2.35. The standard InChI is InChI=1S/C9H14N2O3S/c1-7(5-10)11(2)9(12)8-3-4-15(13,14)6-8/h7-8H,3-4,6H2,1-2H3. The van der Waals surface area contributed by atoms with Gasteiger partial charge in [0.25, 0.3) is 0 Å². The van der Waals surface area contributed by atoms with Gasteiger partial charge in [0.15, 0.2) is 9.84 Å². The van der Waals surface area contributed by atoms with E-state index in [0.717, 1.165) is 0 Å². The summed E-state index contributed by atoms with van der Waals surface area (Å²) < 4.78 is 22.3. The topological polar surface area (TPSA) is 78.2 Å². The fraction of sp³-hybridized carbons (Fsp3) is 0.778. The van der Waals surface area contributed by atoms with Crippen LogP contribution in [0.1, 0.15) is 13.3 Å². The molecule has 6 heteroatoms. The average Bonchev–Trinajstić information content (AvgIpc) is 2.55. The van der Waals surface area contributed by atoms with Gasteiger partial charge in [0.05, 0.1) is 23.5 Å². The smallest absolute Gasteiger partial charge is 0.227 e. The van der Waals surface area contributed by atoms with Crippen molar-refractivity contribution in [3.05, 3.63) is 0 Å². The summed E-state index contributed by atoms with van der Waals surface area (Å²) in [6.07, 6.45) is 0.379. The molecular weight excluding hydrogens is 216 g/mol. The Bertz CT molecular complexity index is 396. The minimum Gasteiger partial charge on any atom is -0.330 e. The van der Waals surface area contributed by atoms with E-state index in [4.69, 9.17) is 5.26 Å². The third-order valence-corrected chi connectivity index (χ3v) is 4.47. The van der Waals surface area contributed by atoms with Crippen LogP contribution in [0.25, 0.3) is 0 Å². The number of hydrogen-bond donors (Lipinski definition) is 0. The highest BCUT2D eigenvalue weighted by atomic mass is 32.2. The minimum atomic E-state index is -3.04. The summed E-state index contributed by atoms with van der Waals surface area (Å²) in [6.45, 7) is 1.61. The molecule has 0 aromatic carbocycles. The largest absolute Gasteiger partial charge is 0.330 e. The molecule has 0 aromatic heterocycles. The van der Waals surface area contributed by atoms with Crippen molar-refractivity contribution in [1.29, 1.82) is 5.26 Å². The predicted molar refractivity (Wildman–Crippen MR) is 54.6 cm³/mol. The normalized spacial score (nSPS) is 25.5. The molecule has 1 aliphatic heterocycles. The molecule has 1 rings (SSSR count). The number of sulfone groups is 1. The number of amides is 1. The van der Waals surface area contributed by atoms with Crippen LogP contribution in [0.4, 0.5) is 0 Å². The first-order chi connectivity index (χ1) is 6.87. The van der Waals surface area contributed by atoms with E-state index in [-0.39, 0.29) is 17.4 Å². The monoisotopic (exact) mass is 230 g/mol. The molecule has 84 valence electrons. The molecule has 5 nitrogen and oxygen atoms in total. The van der Waals surface area contributed by atoms with E-state index >= 15 is 0 Å². The molecule has 0 aromatic rings. The summed E-state index contributed by atoms with van der Waals surface area (Å²) in [6, 6.07) is 1.43. The lowest BCUT2D eigenvalue weighted by molar-refractivity contribution is -0.134. The number of nitriles is 1. The second-order valence-electron chi connectivity index (χ2n) is 3.85. The maximum atomic E-state index is 11.7. The zero-order chi connectivity index (χ0) is 11.6. The van der Waals surface area contributed by atoms with Gasteiger partial charge in [-0.15, -0.1) is 0 Å². The van der Waals surface area contributed by atoms with Crippen molar-refractivity contribution in [2.24, 2.45) is 5.92 Å². The molecule has 0 radical (unpaired) electrons. The summed E-state index contributed by atoms with van der Waals surface area (Å²) in [5.41, 5.74) is 0. The number of nitrogens with zero attached hydrogens (tertiary/aromatic N) is 2. The molecule has 15 heavy (non-hydrogen) atoms. The summed E-state index contributed by atoms with van der Waals surface area (Å²) in [5, 5.41) is 8.64. The van der Waals surface area contributed by atoms with E-state index in [0.29, 0.717) is 6.42 Å². The van der Waals surface area contributed by atoms with Crippen LogP contribution >= 0.6 is 0 Å². The second kappa shape index (κ2) is 4.19. The molecule has 0 saturated carbocycles. The van der Waals surface area contributed by atoms with Gasteiger partial charge in [-0.25, -0.2) is 8.42 Å². The van der Waals surface area contributed by atoms with Gasteiger partial charge in [0.2, 0.25) is 5.91 Å². The Balaban J connectivity index is 2.68. The Morgan fingerprint density at radius 1 is 1.60 bits per heavy atom. The SMILES string of the molecule is CC(C#N)N(C)C(=O)C1CCS(=O)(=O)C1. The van der Waals surface area contributed by atoms with Gasteiger partial charge in [-0.1, -0.05) is 0 Å². The van der Waals surface area contributed by atoms with E-state index in [9.17, 15) is 13.2 Å². The Kier molecular flexibility index (Phi) is 3.35. The third kappa shape index (κ3) is 2.69. The molecule has 1 saturated heterocycles. The zero-order valence-electron chi connectivity index (χ0n) is 8.80. The number of rotatable bonds is 2. The molecule has 0 N–H and O–H groups in total. The van der Waals surface area contributed by atoms with Crippen LogP contribution < -0.4 is 0 Å². The van der Waals surface area contributed by atoms with Gasteiger partial charge >= 0.3 is 0 Å². The third-order valence-electron chi connectivity index (χ3n) is 2.70. The Hall–Kier alpha value is -1.09. The zero-order valence-corrected chi connectivity index (χ0v) is 9.62. The molecule has 1 heterocycles. The van der Waals surface area contributed by atoms with Gasteiger partial charge in [0, 0.05) is 7.05 Å². The van der Waals surface area contributed by atoms with Crippen LogP contribution in [0.3, 0.4) is 0 Å². The summed E-state index contributed by atoms with van der Waals surface area (Å²) >= 11 is 0. The maximum absolute atomic E-state index is 11.7. The van der Waals surface area contributed by atoms with E-state index in [1.807, 2.05) is 6.07 Å². The molecule has 1 amide bonds. The van der Waals surface area contributed by atoms with Crippen molar-refractivity contribution in [3.63, 3.8) is 0 Å². The van der Waals surface area contributed by atoms with E-state index in [1.165, 1.54) is 11.9 Å². The van der Waals surface area contributed by atoms with Crippen molar-refractivity contribution in [2.75, 3.05) is 18.6 Å². The maximum Gasteiger partial charge on any atom is 0.227 e. The molecule has 1 aliphatic rings. The molecular formula is C9H14N2O3S. The van der Waals surface area contributed by atoms with Crippen LogP contribution in [0.2, 0.25) is 0 Å². The van der Waals surface area contributed by atoms with E-state index in [1.54, 1.807) is 6.92 Å². The van der Waals surface area contributed by atoms with Crippen molar-refractivity contribution in [1.82, 2.24) is 4.90 Å². The van der Waals surface area contributed by atoms with E-state index < -0.39 is 21.8 Å². The van der Waals surface area contributed by atoms with Crippen molar-refractivity contribution >= 4 is 15.7 Å². The first-order valence-corrected chi connectivity index (χ1v) is 6.56. The van der Waals surface area contributed by atoms with Crippen molar-refractivity contribution in [2.45, 2.75) is 19.4 Å². The minimum absolute atomic E-state index is 0.0751. The molecule has 0 bridgehead atoms. The summed E-state index contributed by atoms with van der Waals surface area (Å²) in [4.78, 5) is 13.1. The fourth-order valence-corrected chi connectivity index (χ4v) is 3.29. The summed E-state index contributed by atoms with van der Waals surface area (Å²) in [7, 11) is -1.51. The Morgan fingerprint density at radius 3 is 2.60 bits per heavy atom. The van der Waals surface area contributed by atoms with Crippen LogP contribution in [0.5, 0.6) is 0 Å². The van der Waals surface area contributed by atoms with Crippen molar-refractivity contribution < 1.29 is 13.2 Å². The van der Waals surface area contributed by atoms with E-state index in [2.05, 4.69) is 0 Å². The highest BCUT2D eigenvalue weighted by molar-refractivity contribution is 7.91. The highest BCUT2D eigenvalue weighted by Crippen LogP contribution is 2.20. The first-order valence-electron chi connectivity index (χ1n) is 4.74. The quantitative estimate of drug-likeness (QED) is 0.657.